The Kier molecular flexibility index (Phi) is 6.13. The van der Waals surface area contributed by atoms with E-state index in [0.29, 0.717) is 45.1 Å². The molecule has 3 aromatic rings. The lowest BCUT2D eigenvalue weighted by molar-refractivity contribution is 0.0297. The van der Waals surface area contributed by atoms with Crippen LogP contribution in [0.5, 0.6) is 0 Å². The summed E-state index contributed by atoms with van der Waals surface area (Å²) in [7, 11) is 0. The van der Waals surface area contributed by atoms with E-state index in [1.807, 2.05) is 46.0 Å². The second-order valence-electron chi connectivity index (χ2n) is 8.06. The second-order valence-corrected chi connectivity index (χ2v) is 8.06. The van der Waals surface area contributed by atoms with Crippen molar-refractivity contribution in [1.82, 2.24) is 24.6 Å². The molecule has 1 saturated heterocycles. The van der Waals surface area contributed by atoms with Crippen LogP contribution in [0.1, 0.15) is 33.2 Å². The predicted octanol–water partition coefficient (Wildman–Crippen LogP) is 2.46. The van der Waals surface area contributed by atoms with Gasteiger partial charge in [0.2, 0.25) is 0 Å². The minimum Gasteiger partial charge on any atom is -0.465 e. The third-order valence-electron chi connectivity index (χ3n) is 5.94. The Morgan fingerprint density at radius 3 is 2.81 bits per heavy atom. The van der Waals surface area contributed by atoms with Crippen molar-refractivity contribution >= 4 is 12.0 Å². The van der Waals surface area contributed by atoms with Crippen molar-refractivity contribution in [1.29, 1.82) is 0 Å². The van der Waals surface area contributed by atoms with Gasteiger partial charge in [0.05, 0.1) is 31.7 Å². The first-order valence-electron chi connectivity index (χ1n) is 11.1. The zero-order chi connectivity index (χ0) is 21.8. The van der Waals surface area contributed by atoms with E-state index in [1.165, 1.54) is 0 Å². The fourth-order valence-corrected chi connectivity index (χ4v) is 4.27. The molecule has 32 heavy (non-hydrogen) atoms. The highest BCUT2D eigenvalue weighted by molar-refractivity contribution is 5.94. The standard InChI is InChI=1S/C24H27N5O3/c30-24(28-12-15-31-16-13-28)23-21-18-27(10-3-6-20-7-4-14-32-20)11-8-22(21)29(26-23)17-19-5-1-2-9-25-19/h1-7,9,14H,8,10-13,15-18H2/b6-3+. The number of carbonyl (C=O) groups excluding carboxylic acids is 1. The maximum atomic E-state index is 13.3. The number of nitrogens with zero attached hydrogens (tertiary/aromatic N) is 5. The van der Waals surface area contributed by atoms with Crippen molar-refractivity contribution in [2.75, 3.05) is 39.4 Å². The van der Waals surface area contributed by atoms with Crippen LogP contribution in [0.25, 0.3) is 6.08 Å². The van der Waals surface area contributed by atoms with Gasteiger partial charge in [-0.15, -0.1) is 0 Å². The van der Waals surface area contributed by atoms with Gasteiger partial charge >= 0.3 is 0 Å². The molecule has 1 fully saturated rings. The Hall–Kier alpha value is -3.23. The summed E-state index contributed by atoms with van der Waals surface area (Å²) in [5, 5.41) is 4.80. The maximum Gasteiger partial charge on any atom is 0.274 e. The van der Waals surface area contributed by atoms with Crippen molar-refractivity contribution in [3.63, 3.8) is 0 Å². The third-order valence-corrected chi connectivity index (χ3v) is 5.94. The number of furan rings is 1. The molecular formula is C24H27N5O3. The molecule has 8 heteroatoms. The van der Waals surface area contributed by atoms with Crippen LogP contribution in [0.2, 0.25) is 0 Å². The Morgan fingerprint density at radius 2 is 2.03 bits per heavy atom. The van der Waals surface area contributed by atoms with Crippen LogP contribution in [-0.2, 0) is 24.2 Å². The zero-order valence-corrected chi connectivity index (χ0v) is 18.0. The summed E-state index contributed by atoms with van der Waals surface area (Å²) in [6.45, 7) is 5.33. The average Bonchev–Trinajstić information content (AvgIpc) is 3.48. The number of aromatic nitrogens is 3. The third kappa shape index (κ3) is 4.51. The van der Waals surface area contributed by atoms with E-state index in [1.54, 1.807) is 12.5 Å². The summed E-state index contributed by atoms with van der Waals surface area (Å²) in [6, 6.07) is 9.69. The SMILES string of the molecule is O=C(c1nn(Cc2ccccn2)c2c1CN(C/C=C/c1ccco1)CC2)N1CCOCC1. The maximum absolute atomic E-state index is 13.3. The van der Waals surface area contributed by atoms with Crippen LogP contribution in [-0.4, -0.2) is 69.9 Å². The fraction of sp³-hybridized carbons (Fsp3) is 0.375. The monoisotopic (exact) mass is 433 g/mol. The van der Waals surface area contributed by atoms with E-state index in [0.717, 1.165) is 42.2 Å². The average molecular weight is 434 g/mol. The molecule has 2 aliphatic rings. The highest BCUT2D eigenvalue weighted by atomic mass is 16.5. The number of hydrogen-bond donors (Lipinski definition) is 0. The van der Waals surface area contributed by atoms with E-state index in [9.17, 15) is 4.79 Å². The van der Waals surface area contributed by atoms with Gasteiger partial charge in [0.15, 0.2) is 5.69 Å². The van der Waals surface area contributed by atoms with Gasteiger partial charge in [0.25, 0.3) is 5.91 Å². The summed E-state index contributed by atoms with van der Waals surface area (Å²) >= 11 is 0. The van der Waals surface area contributed by atoms with Gasteiger partial charge in [-0.25, -0.2) is 0 Å². The Balaban J connectivity index is 1.39. The first-order chi connectivity index (χ1) is 15.8. The van der Waals surface area contributed by atoms with Crippen molar-refractivity contribution in [2.24, 2.45) is 0 Å². The molecule has 8 nitrogen and oxygen atoms in total. The topological polar surface area (TPSA) is 76.6 Å². The lowest BCUT2D eigenvalue weighted by Crippen LogP contribution is -2.41. The van der Waals surface area contributed by atoms with E-state index in [-0.39, 0.29) is 5.91 Å². The molecule has 0 unspecified atom stereocenters. The van der Waals surface area contributed by atoms with Gasteiger partial charge in [-0.1, -0.05) is 12.1 Å². The minimum atomic E-state index is -0.00250. The first kappa shape index (κ1) is 20.7. The smallest absolute Gasteiger partial charge is 0.274 e. The minimum absolute atomic E-state index is 0.00250. The largest absolute Gasteiger partial charge is 0.465 e. The summed E-state index contributed by atoms with van der Waals surface area (Å²) in [4.78, 5) is 22.0. The van der Waals surface area contributed by atoms with Gasteiger partial charge in [-0.05, 0) is 30.3 Å². The highest BCUT2D eigenvalue weighted by Gasteiger charge is 2.30. The summed E-state index contributed by atoms with van der Waals surface area (Å²) < 4.78 is 12.8. The summed E-state index contributed by atoms with van der Waals surface area (Å²) in [5.74, 6) is 0.839. The molecule has 166 valence electrons. The highest BCUT2D eigenvalue weighted by Crippen LogP contribution is 2.25. The number of ether oxygens (including phenoxy) is 1. The quantitative estimate of drug-likeness (QED) is 0.594. The van der Waals surface area contributed by atoms with Gasteiger partial charge in [-0.3, -0.25) is 19.4 Å². The molecule has 5 rings (SSSR count). The molecule has 5 heterocycles. The van der Waals surface area contributed by atoms with E-state index in [4.69, 9.17) is 14.3 Å². The lowest BCUT2D eigenvalue weighted by atomic mass is 10.0. The van der Waals surface area contributed by atoms with Crippen LogP contribution >= 0.6 is 0 Å². The first-order valence-corrected chi connectivity index (χ1v) is 11.1. The van der Waals surface area contributed by atoms with Gasteiger partial charge in [0, 0.05) is 56.6 Å². The number of morpholine rings is 1. The Labute approximate surface area is 187 Å². The molecular weight excluding hydrogens is 406 g/mol. The molecule has 0 saturated carbocycles. The number of pyridine rings is 1. The molecule has 0 atom stereocenters. The lowest BCUT2D eigenvalue weighted by Gasteiger charge is -2.28. The molecule has 2 aliphatic heterocycles. The number of fused-ring (bicyclic) bond motifs is 1. The van der Waals surface area contributed by atoms with Crippen molar-refractivity contribution in [3.8, 4) is 0 Å². The molecule has 0 bridgehead atoms. The van der Waals surface area contributed by atoms with E-state index < -0.39 is 0 Å². The summed E-state index contributed by atoms with van der Waals surface area (Å²) in [6.07, 6.45) is 8.40. The van der Waals surface area contributed by atoms with Crippen LogP contribution < -0.4 is 0 Å². The normalized spacial score (nSPS) is 17.1. The second kappa shape index (κ2) is 9.50. The van der Waals surface area contributed by atoms with E-state index in [2.05, 4.69) is 16.0 Å². The van der Waals surface area contributed by atoms with Gasteiger partial charge in [-0.2, -0.15) is 5.10 Å². The number of rotatable bonds is 6. The van der Waals surface area contributed by atoms with Gasteiger partial charge < -0.3 is 14.1 Å². The van der Waals surface area contributed by atoms with Crippen molar-refractivity contribution in [3.05, 3.63) is 77.3 Å². The number of carbonyl (C=O) groups is 1. The van der Waals surface area contributed by atoms with Crippen molar-refractivity contribution < 1.29 is 13.9 Å². The van der Waals surface area contributed by atoms with Gasteiger partial charge in [0.1, 0.15) is 5.76 Å². The molecule has 1 amide bonds. The molecule has 0 radical (unpaired) electrons. The van der Waals surface area contributed by atoms with Crippen LogP contribution in [0, 0.1) is 0 Å². The fourth-order valence-electron chi connectivity index (χ4n) is 4.27. The van der Waals surface area contributed by atoms with Crippen LogP contribution in [0.15, 0.2) is 53.3 Å². The van der Waals surface area contributed by atoms with E-state index >= 15 is 0 Å². The molecule has 3 aromatic heterocycles. The molecule has 0 N–H and O–H groups in total. The zero-order valence-electron chi connectivity index (χ0n) is 18.0. The Bertz CT molecular complexity index is 1070. The molecule has 0 aromatic carbocycles. The van der Waals surface area contributed by atoms with Crippen LogP contribution in [0.3, 0.4) is 0 Å². The Morgan fingerprint density at radius 1 is 1.12 bits per heavy atom. The number of amides is 1. The summed E-state index contributed by atoms with van der Waals surface area (Å²) in [5.41, 5.74) is 3.68. The van der Waals surface area contributed by atoms with Crippen LogP contribution in [0.4, 0.5) is 0 Å². The molecule has 0 aliphatic carbocycles. The molecule has 0 spiro atoms. The predicted molar refractivity (Wildman–Crippen MR) is 119 cm³/mol. The van der Waals surface area contributed by atoms with Crippen molar-refractivity contribution in [2.45, 2.75) is 19.5 Å². The number of hydrogen-bond acceptors (Lipinski definition) is 6.